The summed E-state index contributed by atoms with van der Waals surface area (Å²) in [6.07, 6.45) is 0. The van der Waals surface area contributed by atoms with Crippen molar-refractivity contribution in [1.29, 1.82) is 0 Å². The molecule has 78 valence electrons. The Morgan fingerprint density at radius 2 is 1.43 bits per heavy atom. The molecular weight excluding hydrogens is 170 g/mol. The molecule has 0 amide bonds. The topological polar surface area (TPSA) is 26.0 Å². The van der Waals surface area contributed by atoms with Gasteiger partial charge in [0, 0.05) is 5.69 Å². The minimum absolute atomic E-state index is 0.0956. The highest BCUT2D eigenvalue weighted by Crippen LogP contribution is 2.42. The second-order valence-corrected chi connectivity index (χ2v) is 5.46. The third-order valence-electron chi connectivity index (χ3n) is 3.51. The van der Waals surface area contributed by atoms with Gasteiger partial charge in [-0.05, 0) is 22.5 Å². The fourth-order valence-electron chi connectivity index (χ4n) is 1.47. The van der Waals surface area contributed by atoms with Crippen molar-refractivity contribution >= 4 is 5.69 Å². The van der Waals surface area contributed by atoms with Gasteiger partial charge in [0.1, 0.15) is 0 Å². The smallest absolute Gasteiger partial charge is 0.0352 e. The van der Waals surface area contributed by atoms with Crippen LogP contribution >= 0.6 is 0 Å². The number of hydrogen-bond acceptors (Lipinski definition) is 1. The van der Waals surface area contributed by atoms with E-state index in [1.54, 1.807) is 0 Å². The molecule has 0 bridgehead atoms. The van der Waals surface area contributed by atoms with Crippen LogP contribution < -0.4 is 5.73 Å². The lowest BCUT2D eigenvalue weighted by atomic mass is 9.65. The minimum atomic E-state index is 0.0956. The van der Waals surface area contributed by atoms with Gasteiger partial charge in [-0.2, -0.15) is 0 Å². The van der Waals surface area contributed by atoms with Crippen LogP contribution in [0.1, 0.15) is 40.2 Å². The summed E-state index contributed by atoms with van der Waals surface area (Å²) in [6, 6.07) is 8.14. The van der Waals surface area contributed by atoms with Crippen molar-refractivity contribution in [3.63, 3.8) is 0 Å². The standard InChI is InChI=1S/C13H21N/c1-12(2,3)13(4,5)10-8-6-7-9-11(10)14/h6-9H,14H2,1-5H3. The lowest BCUT2D eigenvalue weighted by Gasteiger charge is -2.40. The second kappa shape index (κ2) is 3.30. The van der Waals surface area contributed by atoms with Gasteiger partial charge in [-0.3, -0.25) is 0 Å². The Bertz CT molecular complexity index is 318. The molecule has 0 spiro atoms. The fourth-order valence-corrected chi connectivity index (χ4v) is 1.47. The number of benzene rings is 1. The summed E-state index contributed by atoms with van der Waals surface area (Å²) in [6.45, 7) is 11.2. The molecule has 1 aromatic carbocycles. The Morgan fingerprint density at radius 3 is 1.86 bits per heavy atom. The van der Waals surface area contributed by atoms with Gasteiger partial charge in [-0.15, -0.1) is 0 Å². The third-order valence-corrected chi connectivity index (χ3v) is 3.51. The van der Waals surface area contributed by atoms with E-state index in [1.165, 1.54) is 5.56 Å². The first-order valence-electron chi connectivity index (χ1n) is 5.12. The van der Waals surface area contributed by atoms with Gasteiger partial charge < -0.3 is 5.73 Å². The van der Waals surface area contributed by atoms with Crippen LogP contribution in [0.4, 0.5) is 5.69 Å². The van der Waals surface area contributed by atoms with E-state index in [1.807, 2.05) is 12.1 Å². The molecule has 0 fully saturated rings. The van der Waals surface area contributed by atoms with Crippen LogP contribution in [0.2, 0.25) is 0 Å². The predicted octanol–water partition coefficient (Wildman–Crippen LogP) is 3.59. The van der Waals surface area contributed by atoms with Crippen LogP contribution in [0, 0.1) is 5.41 Å². The van der Waals surface area contributed by atoms with Crippen molar-refractivity contribution in [2.45, 2.75) is 40.0 Å². The van der Waals surface area contributed by atoms with Crippen molar-refractivity contribution in [1.82, 2.24) is 0 Å². The molecule has 14 heavy (non-hydrogen) atoms. The van der Waals surface area contributed by atoms with E-state index in [2.05, 4.69) is 46.8 Å². The summed E-state index contributed by atoms with van der Waals surface area (Å²) in [4.78, 5) is 0. The summed E-state index contributed by atoms with van der Waals surface area (Å²) in [5.41, 5.74) is 8.45. The maximum absolute atomic E-state index is 6.00. The van der Waals surface area contributed by atoms with Gasteiger partial charge >= 0.3 is 0 Å². The maximum Gasteiger partial charge on any atom is 0.0352 e. The molecule has 1 aromatic rings. The number of hydrogen-bond donors (Lipinski definition) is 1. The zero-order chi connectivity index (χ0) is 11.0. The molecule has 1 heteroatoms. The first-order chi connectivity index (χ1) is 6.27. The van der Waals surface area contributed by atoms with Gasteiger partial charge in [-0.1, -0.05) is 52.8 Å². The number of anilines is 1. The molecular formula is C13H21N. The number of nitrogen functional groups attached to an aromatic ring is 1. The molecule has 0 atom stereocenters. The lowest BCUT2D eigenvalue weighted by Crippen LogP contribution is -2.34. The molecule has 0 aliphatic rings. The molecule has 0 unspecified atom stereocenters. The van der Waals surface area contributed by atoms with E-state index in [0.717, 1.165) is 5.69 Å². The van der Waals surface area contributed by atoms with Gasteiger partial charge in [0.05, 0.1) is 0 Å². The molecule has 0 heterocycles. The summed E-state index contributed by atoms with van der Waals surface area (Å²) in [5, 5.41) is 0. The Kier molecular flexibility index (Phi) is 2.62. The normalized spacial score (nSPS) is 12.9. The van der Waals surface area contributed by atoms with Crippen molar-refractivity contribution in [2.24, 2.45) is 5.41 Å². The molecule has 2 N–H and O–H groups in total. The maximum atomic E-state index is 6.00. The van der Waals surface area contributed by atoms with E-state index >= 15 is 0 Å². The lowest BCUT2D eigenvalue weighted by molar-refractivity contribution is 0.226. The zero-order valence-electron chi connectivity index (χ0n) is 9.89. The molecule has 0 saturated heterocycles. The fraction of sp³-hybridized carbons (Fsp3) is 0.538. The number of para-hydroxylation sites is 1. The number of rotatable bonds is 1. The van der Waals surface area contributed by atoms with Crippen LogP contribution in [-0.4, -0.2) is 0 Å². The molecule has 0 aliphatic heterocycles. The zero-order valence-corrected chi connectivity index (χ0v) is 9.89. The average Bonchev–Trinajstić information content (AvgIpc) is 2.02. The Balaban J connectivity index is 3.23. The Labute approximate surface area is 87.3 Å². The summed E-state index contributed by atoms with van der Waals surface area (Å²) in [7, 11) is 0. The highest BCUT2D eigenvalue weighted by atomic mass is 14.6. The molecule has 0 aromatic heterocycles. The summed E-state index contributed by atoms with van der Waals surface area (Å²) >= 11 is 0. The van der Waals surface area contributed by atoms with E-state index in [0.29, 0.717) is 0 Å². The Morgan fingerprint density at radius 1 is 0.929 bits per heavy atom. The van der Waals surface area contributed by atoms with Crippen LogP contribution in [0.25, 0.3) is 0 Å². The molecule has 1 rings (SSSR count). The average molecular weight is 191 g/mol. The largest absolute Gasteiger partial charge is 0.398 e. The molecule has 0 aliphatic carbocycles. The quantitative estimate of drug-likeness (QED) is 0.674. The number of nitrogens with two attached hydrogens (primary N) is 1. The van der Waals surface area contributed by atoms with Crippen LogP contribution in [-0.2, 0) is 5.41 Å². The van der Waals surface area contributed by atoms with Crippen LogP contribution in [0.3, 0.4) is 0 Å². The first-order valence-corrected chi connectivity index (χ1v) is 5.12. The SMILES string of the molecule is CC(C)(C)C(C)(C)c1ccccc1N. The van der Waals surface area contributed by atoms with Crippen LogP contribution in [0.15, 0.2) is 24.3 Å². The monoisotopic (exact) mass is 191 g/mol. The summed E-state index contributed by atoms with van der Waals surface area (Å²) in [5.74, 6) is 0. The van der Waals surface area contributed by atoms with Gasteiger partial charge in [0.15, 0.2) is 0 Å². The van der Waals surface area contributed by atoms with Gasteiger partial charge in [0.2, 0.25) is 0 Å². The minimum Gasteiger partial charge on any atom is -0.398 e. The van der Waals surface area contributed by atoms with Crippen molar-refractivity contribution < 1.29 is 0 Å². The highest BCUT2D eigenvalue weighted by molar-refractivity contribution is 5.50. The van der Waals surface area contributed by atoms with E-state index in [9.17, 15) is 0 Å². The van der Waals surface area contributed by atoms with E-state index in [-0.39, 0.29) is 10.8 Å². The van der Waals surface area contributed by atoms with Crippen molar-refractivity contribution in [2.75, 3.05) is 5.73 Å². The van der Waals surface area contributed by atoms with E-state index < -0.39 is 0 Å². The summed E-state index contributed by atoms with van der Waals surface area (Å²) < 4.78 is 0. The van der Waals surface area contributed by atoms with Crippen LogP contribution in [0.5, 0.6) is 0 Å². The van der Waals surface area contributed by atoms with E-state index in [4.69, 9.17) is 5.73 Å². The van der Waals surface area contributed by atoms with Gasteiger partial charge in [-0.25, -0.2) is 0 Å². The molecule has 0 saturated carbocycles. The van der Waals surface area contributed by atoms with Gasteiger partial charge in [0.25, 0.3) is 0 Å². The molecule has 1 nitrogen and oxygen atoms in total. The first kappa shape index (κ1) is 11.1. The Hall–Kier alpha value is -0.980. The predicted molar refractivity (Wildman–Crippen MR) is 63.3 cm³/mol. The highest BCUT2D eigenvalue weighted by Gasteiger charge is 2.35. The third kappa shape index (κ3) is 1.77. The van der Waals surface area contributed by atoms with Crippen molar-refractivity contribution in [3.05, 3.63) is 29.8 Å². The van der Waals surface area contributed by atoms with Crippen molar-refractivity contribution in [3.8, 4) is 0 Å². The second-order valence-electron chi connectivity index (χ2n) is 5.46. The molecule has 0 radical (unpaired) electrons.